The van der Waals surface area contributed by atoms with Crippen molar-refractivity contribution in [2.75, 3.05) is 52.6 Å². The third-order valence-corrected chi connectivity index (χ3v) is 11.6. The SMILES string of the molecule is Cc1ccc(S(=O)(=O)N2CC=C(C#CC3=C(C#CC4=C(C#CC5=CCN(S(=O)(=O)c6ccc(C)cc6)C5)COC4)COC3)C2)cc1. The van der Waals surface area contributed by atoms with E-state index in [2.05, 4.69) is 35.5 Å². The van der Waals surface area contributed by atoms with Crippen LogP contribution < -0.4 is 0 Å². The Morgan fingerprint density at radius 3 is 1.20 bits per heavy atom. The van der Waals surface area contributed by atoms with Gasteiger partial charge >= 0.3 is 0 Å². The molecule has 4 heterocycles. The second-order valence-corrected chi connectivity index (χ2v) is 15.2. The van der Waals surface area contributed by atoms with E-state index in [-0.39, 0.29) is 36.0 Å². The number of ether oxygens (including phenoxy) is 2. The average molecular weight is 653 g/mol. The first-order valence-corrected chi connectivity index (χ1v) is 17.6. The van der Waals surface area contributed by atoms with Crippen molar-refractivity contribution in [3.05, 3.63) is 105 Å². The van der Waals surface area contributed by atoms with Crippen molar-refractivity contribution in [3.8, 4) is 35.5 Å². The largest absolute Gasteiger partial charge is 0.371 e. The zero-order chi connectivity index (χ0) is 32.3. The van der Waals surface area contributed by atoms with E-state index in [0.29, 0.717) is 26.4 Å². The van der Waals surface area contributed by atoms with Gasteiger partial charge in [-0.15, -0.1) is 0 Å². The highest BCUT2D eigenvalue weighted by molar-refractivity contribution is 7.89. The van der Waals surface area contributed by atoms with Crippen LogP contribution in [0, 0.1) is 49.4 Å². The van der Waals surface area contributed by atoms with Crippen LogP contribution in [0.2, 0.25) is 0 Å². The van der Waals surface area contributed by atoms with Gasteiger partial charge in [-0.25, -0.2) is 16.8 Å². The Morgan fingerprint density at radius 1 is 0.522 bits per heavy atom. The van der Waals surface area contributed by atoms with Gasteiger partial charge in [-0.3, -0.25) is 0 Å². The molecule has 4 aliphatic heterocycles. The van der Waals surface area contributed by atoms with Gasteiger partial charge in [0, 0.05) is 59.6 Å². The molecule has 0 amide bonds. The molecule has 46 heavy (non-hydrogen) atoms. The first-order valence-electron chi connectivity index (χ1n) is 14.8. The van der Waals surface area contributed by atoms with Crippen LogP contribution in [0.25, 0.3) is 0 Å². The van der Waals surface area contributed by atoms with E-state index in [1.54, 1.807) is 48.5 Å². The van der Waals surface area contributed by atoms with E-state index >= 15 is 0 Å². The third-order valence-electron chi connectivity index (χ3n) is 7.92. The number of sulfonamides is 2. The van der Waals surface area contributed by atoms with Crippen LogP contribution in [-0.4, -0.2) is 78.1 Å². The number of aryl methyl sites for hydroxylation is 2. The smallest absolute Gasteiger partial charge is 0.243 e. The molecule has 0 radical (unpaired) electrons. The molecule has 0 atom stereocenters. The summed E-state index contributed by atoms with van der Waals surface area (Å²) in [6.07, 6.45) is 3.67. The predicted molar refractivity (Wildman–Crippen MR) is 175 cm³/mol. The van der Waals surface area contributed by atoms with Gasteiger partial charge in [0.1, 0.15) is 0 Å². The lowest BCUT2D eigenvalue weighted by atomic mass is 10.1. The maximum atomic E-state index is 13.0. The molecule has 0 saturated heterocycles. The van der Waals surface area contributed by atoms with Crippen LogP contribution in [-0.2, 0) is 29.5 Å². The maximum absolute atomic E-state index is 13.0. The van der Waals surface area contributed by atoms with Crippen molar-refractivity contribution in [1.29, 1.82) is 0 Å². The zero-order valence-electron chi connectivity index (χ0n) is 25.6. The lowest BCUT2D eigenvalue weighted by molar-refractivity contribution is 0.207. The van der Waals surface area contributed by atoms with E-state index in [4.69, 9.17) is 9.47 Å². The quantitative estimate of drug-likeness (QED) is 0.470. The van der Waals surface area contributed by atoms with E-state index in [1.807, 2.05) is 26.0 Å². The van der Waals surface area contributed by atoms with Crippen molar-refractivity contribution in [2.24, 2.45) is 0 Å². The van der Waals surface area contributed by atoms with Gasteiger partial charge in [0.05, 0.1) is 36.2 Å². The molecule has 6 rings (SSSR count). The minimum Gasteiger partial charge on any atom is -0.371 e. The summed E-state index contributed by atoms with van der Waals surface area (Å²) in [6, 6.07) is 13.7. The van der Waals surface area contributed by atoms with E-state index in [0.717, 1.165) is 44.6 Å². The molecular weight excluding hydrogens is 621 g/mol. The lowest BCUT2D eigenvalue weighted by Crippen LogP contribution is -2.29. The predicted octanol–water partition coefficient (Wildman–Crippen LogP) is 3.53. The van der Waals surface area contributed by atoms with Crippen LogP contribution in [0.3, 0.4) is 0 Å². The first kappa shape index (κ1) is 31.8. The molecular formula is C36H32N2O6S2. The standard InChI is InChI=1S/C36H32N2O6S2/c1-27-3-13-35(14-4-27)45(39,40)37-19-17-29(21-37)7-9-31-23-43-25-33(31)11-12-34-26-44-24-32(34)10-8-30-18-20-38(22-30)46(41,42)36-15-5-28(2)6-16-36/h3-6,13-18H,19-26H2,1-2H3. The Balaban J connectivity index is 1.11. The molecule has 0 N–H and O–H groups in total. The van der Waals surface area contributed by atoms with Crippen molar-refractivity contribution in [1.82, 2.24) is 8.61 Å². The van der Waals surface area contributed by atoms with Gasteiger partial charge < -0.3 is 9.47 Å². The minimum atomic E-state index is -3.60. The Labute approximate surface area is 271 Å². The molecule has 0 unspecified atom stereocenters. The highest BCUT2D eigenvalue weighted by atomic mass is 32.2. The Bertz CT molecular complexity index is 1950. The van der Waals surface area contributed by atoms with E-state index < -0.39 is 20.0 Å². The summed E-state index contributed by atoms with van der Waals surface area (Å²) in [7, 11) is -7.20. The van der Waals surface area contributed by atoms with Crippen molar-refractivity contribution in [3.63, 3.8) is 0 Å². The summed E-state index contributed by atoms with van der Waals surface area (Å²) in [5.41, 5.74) is 6.56. The molecule has 0 fully saturated rings. The van der Waals surface area contributed by atoms with Gasteiger partial charge in [0.15, 0.2) is 0 Å². The summed E-state index contributed by atoms with van der Waals surface area (Å²) in [4.78, 5) is 0.542. The van der Waals surface area contributed by atoms with Crippen molar-refractivity contribution < 1.29 is 26.3 Å². The fourth-order valence-corrected chi connectivity index (χ4v) is 7.81. The molecule has 4 aliphatic rings. The lowest BCUT2D eigenvalue weighted by Gasteiger charge is -2.15. The van der Waals surface area contributed by atoms with Crippen molar-refractivity contribution >= 4 is 20.0 Å². The molecule has 0 saturated carbocycles. The molecule has 10 heteroatoms. The van der Waals surface area contributed by atoms with Crippen LogP contribution in [0.15, 0.2) is 104 Å². The van der Waals surface area contributed by atoms with Gasteiger partial charge in [-0.2, -0.15) is 8.61 Å². The zero-order valence-corrected chi connectivity index (χ0v) is 27.2. The number of benzene rings is 2. The van der Waals surface area contributed by atoms with Crippen LogP contribution >= 0.6 is 0 Å². The number of hydrogen-bond donors (Lipinski definition) is 0. The molecule has 0 spiro atoms. The Morgan fingerprint density at radius 2 is 0.848 bits per heavy atom. The fourth-order valence-electron chi connectivity index (χ4n) is 5.10. The first-order chi connectivity index (χ1) is 22.1. The van der Waals surface area contributed by atoms with Crippen LogP contribution in [0.4, 0.5) is 0 Å². The third kappa shape index (κ3) is 6.97. The topological polar surface area (TPSA) is 93.2 Å². The van der Waals surface area contributed by atoms with Crippen molar-refractivity contribution in [2.45, 2.75) is 23.6 Å². The Kier molecular flexibility index (Phi) is 9.18. The van der Waals surface area contributed by atoms with Crippen LogP contribution in [0.5, 0.6) is 0 Å². The molecule has 2 aromatic rings. The minimum absolute atomic E-state index is 0.219. The van der Waals surface area contributed by atoms with Gasteiger partial charge in [0.25, 0.3) is 0 Å². The van der Waals surface area contributed by atoms with E-state index in [9.17, 15) is 16.8 Å². The highest BCUT2D eigenvalue weighted by Crippen LogP contribution is 2.23. The van der Waals surface area contributed by atoms with Gasteiger partial charge in [0.2, 0.25) is 20.0 Å². The van der Waals surface area contributed by atoms with Crippen LogP contribution in [0.1, 0.15) is 11.1 Å². The summed E-state index contributed by atoms with van der Waals surface area (Å²) >= 11 is 0. The molecule has 0 aliphatic carbocycles. The fraction of sp³-hybridized carbons (Fsp3) is 0.278. The summed E-state index contributed by atoms with van der Waals surface area (Å²) in [5, 5.41) is 0. The van der Waals surface area contributed by atoms with E-state index in [1.165, 1.54) is 8.61 Å². The molecule has 0 aromatic heterocycles. The summed E-state index contributed by atoms with van der Waals surface area (Å²) in [6.45, 7) is 6.20. The summed E-state index contributed by atoms with van der Waals surface area (Å²) < 4.78 is 66.2. The van der Waals surface area contributed by atoms with Gasteiger partial charge in [-0.05, 0) is 38.1 Å². The molecule has 2 aromatic carbocycles. The second kappa shape index (κ2) is 13.3. The maximum Gasteiger partial charge on any atom is 0.243 e. The highest BCUT2D eigenvalue weighted by Gasteiger charge is 2.29. The number of nitrogens with zero attached hydrogens (tertiary/aromatic N) is 2. The molecule has 234 valence electrons. The monoisotopic (exact) mass is 652 g/mol. The normalized spacial score (nSPS) is 18.8. The average Bonchev–Trinajstić information content (AvgIpc) is 3.86. The second-order valence-electron chi connectivity index (χ2n) is 11.3. The summed E-state index contributed by atoms with van der Waals surface area (Å²) in [5.74, 6) is 18.9. The Hall–Kier alpha value is -4.18. The van der Waals surface area contributed by atoms with Gasteiger partial charge in [-0.1, -0.05) is 83.1 Å². The number of hydrogen-bond acceptors (Lipinski definition) is 6. The molecule has 0 bridgehead atoms. The molecule has 8 nitrogen and oxygen atoms in total. The number of rotatable bonds is 4.